The summed E-state index contributed by atoms with van der Waals surface area (Å²) in [6.45, 7) is 0.238. The highest BCUT2D eigenvalue weighted by molar-refractivity contribution is 6.31. The van der Waals surface area contributed by atoms with Crippen molar-refractivity contribution in [3.8, 4) is 17.2 Å². The number of benzene rings is 2. The van der Waals surface area contributed by atoms with E-state index < -0.39 is 5.97 Å². The number of halogens is 1. The van der Waals surface area contributed by atoms with E-state index in [0.717, 1.165) is 5.56 Å². The van der Waals surface area contributed by atoms with Crippen molar-refractivity contribution in [3.05, 3.63) is 52.5 Å². The second-order valence-electron chi connectivity index (χ2n) is 4.39. The lowest BCUT2D eigenvalue weighted by molar-refractivity contribution is 0.0691. The number of rotatable bonds is 4. The smallest absolute Gasteiger partial charge is 0.339 e. The maximum atomic E-state index is 11.3. The van der Waals surface area contributed by atoms with Crippen molar-refractivity contribution in [2.45, 2.75) is 6.61 Å². The average Bonchev–Trinajstić information content (AvgIpc) is 2.92. The number of carboxylic acid groups (broad SMARTS) is 1. The van der Waals surface area contributed by atoms with Crippen LogP contribution in [0.5, 0.6) is 17.2 Å². The number of hydrogen-bond donors (Lipinski definition) is 1. The van der Waals surface area contributed by atoms with Crippen LogP contribution in [0.15, 0.2) is 36.4 Å². The van der Waals surface area contributed by atoms with Crippen LogP contribution in [0.2, 0.25) is 5.02 Å². The molecule has 0 bridgehead atoms. The summed E-state index contributed by atoms with van der Waals surface area (Å²) < 4.78 is 16.0. The Morgan fingerprint density at radius 1 is 1.24 bits per heavy atom. The van der Waals surface area contributed by atoms with Gasteiger partial charge in [-0.15, -0.1) is 0 Å². The fourth-order valence-electron chi connectivity index (χ4n) is 1.98. The van der Waals surface area contributed by atoms with Gasteiger partial charge in [-0.2, -0.15) is 0 Å². The number of fused-ring (bicyclic) bond motifs is 1. The highest BCUT2D eigenvalue weighted by Gasteiger charge is 2.21. The molecular formula is C15H11ClO5. The van der Waals surface area contributed by atoms with Gasteiger partial charge in [-0.3, -0.25) is 0 Å². The zero-order valence-corrected chi connectivity index (χ0v) is 11.6. The Kier molecular flexibility index (Phi) is 3.58. The maximum Gasteiger partial charge on any atom is 0.339 e. The third kappa shape index (κ3) is 2.73. The van der Waals surface area contributed by atoms with Gasteiger partial charge >= 0.3 is 5.97 Å². The lowest BCUT2D eigenvalue weighted by atomic mass is 10.1. The molecule has 0 radical (unpaired) electrons. The third-order valence-corrected chi connectivity index (χ3v) is 3.41. The third-order valence-electron chi connectivity index (χ3n) is 3.05. The standard InChI is InChI=1S/C15H11ClO5/c16-11-4-2-1-3-9(11)7-19-12-6-14-13(20-8-21-14)5-10(12)15(17)18/h1-6H,7-8H2,(H,17,18). The highest BCUT2D eigenvalue weighted by Crippen LogP contribution is 2.38. The van der Waals surface area contributed by atoms with Crippen LogP contribution in [0.1, 0.15) is 15.9 Å². The Hall–Kier alpha value is -2.40. The number of carbonyl (C=O) groups is 1. The Morgan fingerprint density at radius 3 is 2.67 bits per heavy atom. The number of carboxylic acids is 1. The Morgan fingerprint density at radius 2 is 1.95 bits per heavy atom. The lowest BCUT2D eigenvalue weighted by Gasteiger charge is -2.11. The van der Waals surface area contributed by atoms with E-state index in [-0.39, 0.29) is 24.7 Å². The second kappa shape index (κ2) is 5.54. The van der Waals surface area contributed by atoms with Crippen molar-refractivity contribution in [3.63, 3.8) is 0 Å². The minimum atomic E-state index is -1.09. The molecule has 0 atom stereocenters. The lowest BCUT2D eigenvalue weighted by Crippen LogP contribution is -2.04. The van der Waals surface area contributed by atoms with Gasteiger partial charge in [-0.05, 0) is 6.07 Å². The molecule has 0 unspecified atom stereocenters. The molecule has 0 aliphatic carbocycles. The molecule has 0 aromatic heterocycles. The quantitative estimate of drug-likeness (QED) is 0.938. The molecule has 21 heavy (non-hydrogen) atoms. The van der Waals surface area contributed by atoms with Gasteiger partial charge in [-0.25, -0.2) is 4.79 Å². The Balaban J connectivity index is 1.88. The molecule has 2 aromatic carbocycles. The van der Waals surface area contributed by atoms with Crippen LogP contribution in [0.25, 0.3) is 0 Å². The van der Waals surface area contributed by atoms with Crippen LogP contribution < -0.4 is 14.2 Å². The van der Waals surface area contributed by atoms with Gasteiger partial charge in [-0.1, -0.05) is 29.8 Å². The molecule has 0 saturated heterocycles. The van der Waals surface area contributed by atoms with E-state index in [0.29, 0.717) is 16.5 Å². The highest BCUT2D eigenvalue weighted by atomic mass is 35.5. The molecule has 6 heteroatoms. The van der Waals surface area contributed by atoms with Gasteiger partial charge < -0.3 is 19.3 Å². The van der Waals surface area contributed by atoms with E-state index in [1.165, 1.54) is 12.1 Å². The van der Waals surface area contributed by atoms with Crippen molar-refractivity contribution in [2.75, 3.05) is 6.79 Å². The molecule has 5 nitrogen and oxygen atoms in total. The fraction of sp³-hybridized carbons (Fsp3) is 0.133. The van der Waals surface area contributed by atoms with E-state index in [1.807, 2.05) is 18.2 Å². The fourth-order valence-corrected chi connectivity index (χ4v) is 2.17. The van der Waals surface area contributed by atoms with Crippen LogP contribution in [-0.2, 0) is 6.61 Å². The normalized spacial score (nSPS) is 12.2. The number of ether oxygens (including phenoxy) is 3. The van der Waals surface area contributed by atoms with E-state index in [4.69, 9.17) is 25.8 Å². The van der Waals surface area contributed by atoms with Crippen LogP contribution in [-0.4, -0.2) is 17.9 Å². The van der Waals surface area contributed by atoms with Gasteiger partial charge in [0.25, 0.3) is 0 Å². The Bertz CT molecular complexity index is 698. The summed E-state index contributed by atoms with van der Waals surface area (Å²) in [5.74, 6) is -0.0132. The SMILES string of the molecule is O=C(O)c1cc2c(cc1OCc1ccccc1Cl)OCO2. The molecule has 3 rings (SSSR count). The molecule has 1 N–H and O–H groups in total. The minimum absolute atomic E-state index is 0.0197. The summed E-state index contributed by atoms with van der Waals surface area (Å²) in [5.41, 5.74) is 0.791. The molecule has 0 saturated carbocycles. The zero-order valence-electron chi connectivity index (χ0n) is 10.8. The second-order valence-corrected chi connectivity index (χ2v) is 4.79. The van der Waals surface area contributed by atoms with Gasteiger partial charge in [0.2, 0.25) is 6.79 Å². The van der Waals surface area contributed by atoms with Gasteiger partial charge in [0, 0.05) is 22.7 Å². The topological polar surface area (TPSA) is 65.0 Å². The van der Waals surface area contributed by atoms with Gasteiger partial charge in [0.15, 0.2) is 11.5 Å². The minimum Gasteiger partial charge on any atom is -0.488 e. The average molecular weight is 307 g/mol. The van der Waals surface area contributed by atoms with Gasteiger partial charge in [0.05, 0.1) is 0 Å². The largest absolute Gasteiger partial charge is 0.488 e. The number of hydrogen-bond acceptors (Lipinski definition) is 4. The van der Waals surface area contributed by atoms with Crippen LogP contribution in [0.4, 0.5) is 0 Å². The van der Waals surface area contributed by atoms with Crippen LogP contribution in [0.3, 0.4) is 0 Å². The monoisotopic (exact) mass is 306 g/mol. The van der Waals surface area contributed by atoms with E-state index in [2.05, 4.69) is 0 Å². The van der Waals surface area contributed by atoms with E-state index in [1.54, 1.807) is 6.07 Å². The molecule has 1 heterocycles. The summed E-state index contributed by atoms with van der Waals surface area (Å²) in [6.07, 6.45) is 0. The summed E-state index contributed by atoms with van der Waals surface area (Å²) >= 11 is 6.05. The molecule has 0 spiro atoms. The predicted molar refractivity (Wildman–Crippen MR) is 75.3 cm³/mol. The van der Waals surface area contributed by atoms with Crippen LogP contribution in [0, 0.1) is 0 Å². The Labute approximate surface area is 125 Å². The summed E-state index contributed by atoms with van der Waals surface area (Å²) in [4.78, 5) is 11.3. The first-order chi connectivity index (χ1) is 10.1. The molecule has 1 aliphatic rings. The van der Waals surface area contributed by atoms with Gasteiger partial charge in [0.1, 0.15) is 17.9 Å². The molecule has 108 valence electrons. The first-order valence-electron chi connectivity index (χ1n) is 6.18. The van der Waals surface area contributed by atoms with Crippen LogP contribution >= 0.6 is 11.6 Å². The molecule has 0 fully saturated rings. The maximum absolute atomic E-state index is 11.3. The summed E-state index contributed by atoms with van der Waals surface area (Å²) in [6, 6.07) is 10.1. The van der Waals surface area contributed by atoms with Crippen molar-refractivity contribution in [2.24, 2.45) is 0 Å². The van der Waals surface area contributed by atoms with Crippen molar-refractivity contribution < 1.29 is 24.1 Å². The van der Waals surface area contributed by atoms with E-state index in [9.17, 15) is 9.90 Å². The predicted octanol–water partition coefficient (Wildman–Crippen LogP) is 3.35. The summed E-state index contributed by atoms with van der Waals surface area (Å²) in [5, 5.41) is 9.81. The summed E-state index contributed by atoms with van der Waals surface area (Å²) in [7, 11) is 0. The molecule has 2 aromatic rings. The molecule has 1 aliphatic heterocycles. The van der Waals surface area contributed by atoms with Crippen molar-refractivity contribution >= 4 is 17.6 Å². The molecular weight excluding hydrogens is 296 g/mol. The number of aromatic carboxylic acids is 1. The first kappa shape index (κ1) is 13.6. The van der Waals surface area contributed by atoms with E-state index >= 15 is 0 Å². The van der Waals surface area contributed by atoms with Crippen molar-refractivity contribution in [1.82, 2.24) is 0 Å². The van der Waals surface area contributed by atoms with Crippen molar-refractivity contribution in [1.29, 1.82) is 0 Å². The zero-order chi connectivity index (χ0) is 14.8. The first-order valence-corrected chi connectivity index (χ1v) is 6.56. The molecule has 0 amide bonds.